The molecule has 0 saturated carbocycles. The standard InChI is InChI=1S/C23H25ClN4O3/c1-3-12-25-23(30)21-20(14-28(4-2)27-21)26-22(29)17-10-8-16(9-11-17)15-31-19-7-5-6-18(24)13-19/h5-11,13-14H,3-4,12,15H2,1-2H3,(H,25,30)(H,26,29). The highest BCUT2D eigenvalue weighted by atomic mass is 35.5. The van der Waals surface area contributed by atoms with Gasteiger partial charge in [0.15, 0.2) is 5.69 Å². The molecule has 0 atom stereocenters. The number of nitrogens with zero attached hydrogens (tertiary/aromatic N) is 2. The number of carbonyl (C=O) groups excluding carboxylic acids is 2. The second-order valence-electron chi connectivity index (χ2n) is 6.90. The smallest absolute Gasteiger partial charge is 0.273 e. The Balaban J connectivity index is 1.65. The van der Waals surface area contributed by atoms with Crippen LogP contribution in [0.25, 0.3) is 0 Å². The van der Waals surface area contributed by atoms with Crippen molar-refractivity contribution in [3.63, 3.8) is 0 Å². The van der Waals surface area contributed by atoms with Crippen molar-refractivity contribution in [2.45, 2.75) is 33.4 Å². The molecule has 8 heteroatoms. The molecule has 31 heavy (non-hydrogen) atoms. The third-order valence-corrected chi connectivity index (χ3v) is 4.74. The predicted octanol–water partition coefficient (Wildman–Crippen LogP) is 4.53. The van der Waals surface area contributed by atoms with E-state index in [1.165, 1.54) is 0 Å². The summed E-state index contributed by atoms with van der Waals surface area (Å²) in [6, 6.07) is 14.3. The molecule has 1 aromatic heterocycles. The Morgan fingerprint density at radius 3 is 2.55 bits per heavy atom. The van der Waals surface area contributed by atoms with Crippen molar-refractivity contribution in [2.75, 3.05) is 11.9 Å². The first-order valence-corrected chi connectivity index (χ1v) is 10.5. The van der Waals surface area contributed by atoms with Crippen molar-refractivity contribution in [2.24, 2.45) is 0 Å². The predicted molar refractivity (Wildman–Crippen MR) is 121 cm³/mol. The van der Waals surface area contributed by atoms with Crippen LogP contribution in [0.5, 0.6) is 5.75 Å². The van der Waals surface area contributed by atoms with Crippen LogP contribution in [0, 0.1) is 0 Å². The molecule has 3 rings (SSSR count). The lowest BCUT2D eigenvalue weighted by atomic mass is 10.1. The van der Waals surface area contributed by atoms with E-state index in [0.29, 0.717) is 41.7 Å². The van der Waals surface area contributed by atoms with E-state index in [2.05, 4.69) is 15.7 Å². The first kappa shape index (κ1) is 22.4. The fourth-order valence-electron chi connectivity index (χ4n) is 2.84. The Morgan fingerprint density at radius 2 is 1.87 bits per heavy atom. The summed E-state index contributed by atoms with van der Waals surface area (Å²) < 4.78 is 7.34. The van der Waals surface area contributed by atoms with E-state index < -0.39 is 0 Å². The van der Waals surface area contributed by atoms with Crippen LogP contribution in [0.3, 0.4) is 0 Å². The minimum atomic E-state index is -0.317. The van der Waals surface area contributed by atoms with Crippen LogP contribution in [0.15, 0.2) is 54.7 Å². The zero-order valence-electron chi connectivity index (χ0n) is 17.5. The molecule has 0 unspecified atom stereocenters. The molecule has 2 aromatic carbocycles. The third-order valence-electron chi connectivity index (χ3n) is 4.50. The van der Waals surface area contributed by atoms with Gasteiger partial charge in [-0.3, -0.25) is 14.3 Å². The highest BCUT2D eigenvalue weighted by molar-refractivity contribution is 6.30. The van der Waals surface area contributed by atoms with Gasteiger partial charge in [-0.2, -0.15) is 5.10 Å². The molecular formula is C23H25ClN4O3. The monoisotopic (exact) mass is 440 g/mol. The molecule has 2 N–H and O–H groups in total. The number of amides is 2. The van der Waals surface area contributed by atoms with Gasteiger partial charge >= 0.3 is 0 Å². The van der Waals surface area contributed by atoms with Gasteiger partial charge < -0.3 is 15.4 Å². The number of aromatic nitrogens is 2. The summed E-state index contributed by atoms with van der Waals surface area (Å²) in [5.41, 5.74) is 1.97. The quantitative estimate of drug-likeness (QED) is 0.512. The maximum Gasteiger partial charge on any atom is 0.273 e. The van der Waals surface area contributed by atoms with Crippen LogP contribution in [0.2, 0.25) is 5.02 Å². The molecule has 0 saturated heterocycles. The number of anilines is 1. The average molecular weight is 441 g/mol. The Bertz CT molecular complexity index is 1050. The summed E-state index contributed by atoms with van der Waals surface area (Å²) in [5.74, 6) is 0.0523. The van der Waals surface area contributed by atoms with Gasteiger partial charge in [0.25, 0.3) is 11.8 Å². The van der Waals surface area contributed by atoms with Crippen molar-refractivity contribution >= 4 is 29.1 Å². The van der Waals surface area contributed by atoms with Crippen LogP contribution in [0.4, 0.5) is 5.69 Å². The van der Waals surface area contributed by atoms with Crippen molar-refractivity contribution in [3.05, 3.63) is 76.6 Å². The van der Waals surface area contributed by atoms with Gasteiger partial charge in [-0.15, -0.1) is 0 Å². The molecule has 0 spiro atoms. The molecular weight excluding hydrogens is 416 g/mol. The van der Waals surface area contributed by atoms with Crippen LogP contribution in [-0.4, -0.2) is 28.1 Å². The van der Waals surface area contributed by atoms with E-state index in [0.717, 1.165) is 12.0 Å². The molecule has 0 aliphatic rings. The number of aryl methyl sites for hydroxylation is 1. The number of rotatable bonds is 9. The van der Waals surface area contributed by atoms with Crippen LogP contribution < -0.4 is 15.4 Å². The SMILES string of the molecule is CCCNC(=O)c1nn(CC)cc1NC(=O)c1ccc(COc2cccc(Cl)c2)cc1. The lowest BCUT2D eigenvalue weighted by molar-refractivity contribution is 0.0948. The summed E-state index contributed by atoms with van der Waals surface area (Å²) >= 11 is 5.96. The van der Waals surface area contributed by atoms with Gasteiger partial charge in [0.1, 0.15) is 12.4 Å². The molecule has 2 amide bonds. The number of benzene rings is 2. The molecule has 0 radical (unpaired) electrons. The maximum absolute atomic E-state index is 12.7. The summed E-state index contributed by atoms with van der Waals surface area (Å²) in [5, 5.41) is 10.5. The zero-order chi connectivity index (χ0) is 22.2. The molecule has 0 aliphatic heterocycles. The van der Waals surface area contributed by atoms with Gasteiger partial charge in [0.2, 0.25) is 0 Å². The van der Waals surface area contributed by atoms with Gasteiger partial charge in [-0.25, -0.2) is 0 Å². The Morgan fingerprint density at radius 1 is 1.10 bits per heavy atom. The van der Waals surface area contributed by atoms with E-state index in [-0.39, 0.29) is 17.5 Å². The summed E-state index contributed by atoms with van der Waals surface area (Å²) in [4.78, 5) is 25.1. The number of halogens is 1. The van der Waals surface area contributed by atoms with Gasteiger partial charge in [-0.1, -0.05) is 36.7 Å². The van der Waals surface area contributed by atoms with Crippen LogP contribution in [0.1, 0.15) is 46.7 Å². The number of hydrogen-bond donors (Lipinski definition) is 2. The normalized spacial score (nSPS) is 10.5. The highest BCUT2D eigenvalue weighted by Gasteiger charge is 2.18. The highest BCUT2D eigenvalue weighted by Crippen LogP contribution is 2.19. The number of ether oxygens (including phenoxy) is 1. The van der Waals surface area contributed by atoms with E-state index in [1.54, 1.807) is 35.1 Å². The Labute approximate surface area is 186 Å². The number of hydrogen-bond acceptors (Lipinski definition) is 4. The summed E-state index contributed by atoms with van der Waals surface area (Å²) in [7, 11) is 0. The fourth-order valence-corrected chi connectivity index (χ4v) is 3.02. The lowest BCUT2D eigenvalue weighted by Crippen LogP contribution is -2.26. The van der Waals surface area contributed by atoms with Gasteiger partial charge in [0.05, 0.1) is 5.69 Å². The topological polar surface area (TPSA) is 85.3 Å². The number of nitrogens with one attached hydrogen (secondary N) is 2. The molecule has 3 aromatic rings. The number of carbonyl (C=O) groups is 2. The van der Waals surface area contributed by atoms with Gasteiger partial charge in [-0.05, 0) is 49.2 Å². The zero-order valence-corrected chi connectivity index (χ0v) is 18.3. The average Bonchev–Trinajstić information content (AvgIpc) is 3.19. The fraction of sp³-hybridized carbons (Fsp3) is 0.261. The van der Waals surface area contributed by atoms with Crippen molar-refractivity contribution < 1.29 is 14.3 Å². The lowest BCUT2D eigenvalue weighted by Gasteiger charge is -2.08. The minimum absolute atomic E-state index is 0.204. The molecule has 7 nitrogen and oxygen atoms in total. The first-order valence-electron chi connectivity index (χ1n) is 10.1. The minimum Gasteiger partial charge on any atom is -0.489 e. The van der Waals surface area contributed by atoms with Crippen LogP contribution >= 0.6 is 11.6 Å². The Hall–Kier alpha value is -3.32. The van der Waals surface area contributed by atoms with E-state index >= 15 is 0 Å². The van der Waals surface area contributed by atoms with Gasteiger partial charge in [0, 0.05) is 29.9 Å². The molecule has 1 heterocycles. The molecule has 0 aliphatic carbocycles. The maximum atomic E-state index is 12.7. The van der Waals surface area contributed by atoms with Crippen molar-refractivity contribution in [3.8, 4) is 5.75 Å². The largest absolute Gasteiger partial charge is 0.489 e. The van der Waals surface area contributed by atoms with E-state index in [9.17, 15) is 9.59 Å². The van der Waals surface area contributed by atoms with E-state index in [1.807, 2.05) is 38.1 Å². The first-order chi connectivity index (χ1) is 15.0. The molecule has 162 valence electrons. The Kier molecular flexibility index (Phi) is 7.67. The van der Waals surface area contributed by atoms with Crippen LogP contribution in [-0.2, 0) is 13.2 Å². The van der Waals surface area contributed by atoms with Crippen molar-refractivity contribution in [1.82, 2.24) is 15.1 Å². The second kappa shape index (κ2) is 10.6. The summed E-state index contributed by atoms with van der Waals surface area (Å²) in [6.07, 6.45) is 2.47. The third kappa shape index (κ3) is 6.08. The second-order valence-corrected chi connectivity index (χ2v) is 7.34. The van der Waals surface area contributed by atoms with E-state index in [4.69, 9.17) is 16.3 Å². The van der Waals surface area contributed by atoms with Crippen molar-refractivity contribution in [1.29, 1.82) is 0 Å². The summed E-state index contributed by atoms with van der Waals surface area (Å²) in [6.45, 7) is 5.37. The molecule has 0 fully saturated rings. The molecule has 0 bridgehead atoms.